The molecular formula is C14H20N4O3S. The zero-order valence-electron chi connectivity index (χ0n) is 12.5. The summed E-state index contributed by atoms with van der Waals surface area (Å²) >= 11 is 0. The molecule has 0 amide bonds. The minimum absolute atomic E-state index is 0.110. The SMILES string of the molecule is CC1CCN(CCNS(=O)(=O)c2cccc3nonc23)CC1. The summed E-state index contributed by atoms with van der Waals surface area (Å²) in [5, 5.41) is 7.34. The van der Waals surface area contributed by atoms with Gasteiger partial charge in [0.25, 0.3) is 0 Å². The fourth-order valence-electron chi connectivity index (χ4n) is 2.70. The Morgan fingerprint density at radius 3 is 2.86 bits per heavy atom. The number of nitrogens with zero attached hydrogens (tertiary/aromatic N) is 3. The van der Waals surface area contributed by atoms with Crippen LogP contribution in [0.25, 0.3) is 11.0 Å². The normalized spacial score (nSPS) is 18.0. The van der Waals surface area contributed by atoms with Gasteiger partial charge in [0.1, 0.15) is 10.4 Å². The standard InChI is InChI=1S/C14H20N4O3S/c1-11-5-8-18(9-6-11)10-7-15-22(19,20)13-4-2-3-12-14(13)17-21-16-12/h2-4,11,15H,5-10H2,1H3. The van der Waals surface area contributed by atoms with Crippen molar-refractivity contribution < 1.29 is 13.0 Å². The maximum absolute atomic E-state index is 12.4. The van der Waals surface area contributed by atoms with Gasteiger partial charge in [-0.25, -0.2) is 17.8 Å². The molecule has 2 heterocycles. The van der Waals surface area contributed by atoms with E-state index in [1.54, 1.807) is 12.1 Å². The summed E-state index contributed by atoms with van der Waals surface area (Å²) in [7, 11) is -3.61. The predicted molar refractivity (Wildman–Crippen MR) is 81.8 cm³/mol. The van der Waals surface area contributed by atoms with Crippen LogP contribution in [0.15, 0.2) is 27.7 Å². The van der Waals surface area contributed by atoms with Gasteiger partial charge < -0.3 is 4.90 Å². The summed E-state index contributed by atoms with van der Waals surface area (Å²) in [5.41, 5.74) is 0.703. The van der Waals surface area contributed by atoms with Gasteiger partial charge in [0.2, 0.25) is 10.0 Å². The van der Waals surface area contributed by atoms with E-state index in [1.807, 2.05) is 0 Å². The molecular weight excluding hydrogens is 304 g/mol. The van der Waals surface area contributed by atoms with E-state index >= 15 is 0 Å². The van der Waals surface area contributed by atoms with Gasteiger partial charge in [-0.15, -0.1) is 0 Å². The number of fused-ring (bicyclic) bond motifs is 1. The number of nitrogens with one attached hydrogen (secondary N) is 1. The number of likely N-dealkylation sites (tertiary alicyclic amines) is 1. The monoisotopic (exact) mass is 324 g/mol. The number of aromatic nitrogens is 2. The zero-order chi connectivity index (χ0) is 15.6. The first-order valence-corrected chi connectivity index (χ1v) is 8.98. The Morgan fingerprint density at radius 2 is 2.09 bits per heavy atom. The van der Waals surface area contributed by atoms with Gasteiger partial charge in [0, 0.05) is 13.1 Å². The summed E-state index contributed by atoms with van der Waals surface area (Å²) < 4.78 is 32.0. The largest absolute Gasteiger partial charge is 0.302 e. The highest BCUT2D eigenvalue weighted by molar-refractivity contribution is 7.89. The average Bonchev–Trinajstić information content (AvgIpc) is 2.97. The van der Waals surface area contributed by atoms with Crippen LogP contribution < -0.4 is 4.72 Å². The third-order valence-electron chi connectivity index (χ3n) is 4.13. The maximum Gasteiger partial charge on any atom is 0.242 e. The average molecular weight is 324 g/mol. The molecule has 0 radical (unpaired) electrons. The van der Waals surface area contributed by atoms with Crippen LogP contribution in [0, 0.1) is 5.92 Å². The molecule has 0 spiro atoms. The second-order valence-electron chi connectivity index (χ2n) is 5.81. The fourth-order valence-corrected chi connectivity index (χ4v) is 3.87. The van der Waals surface area contributed by atoms with E-state index in [1.165, 1.54) is 18.9 Å². The minimum Gasteiger partial charge on any atom is -0.302 e. The summed E-state index contributed by atoms with van der Waals surface area (Å²) in [5.74, 6) is 0.769. The molecule has 3 rings (SSSR count). The second kappa shape index (κ2) is 6.31. The lowest BCUT2D eigenvalue weighted by Crippen LogP contribution is -2.39. The first-order chi connectivity index (χ1) is 10.6. The maximum atomic E-state index is 12.4. The Bertz CT molecular complexity index is 735. The molecule has 1 N–H and O–H groups in total. The van der Waals surface area contributed by atoms with Gasteiger partial charge in [-0.2, -0.15) is 0 Å². The number of piperidine rings is 1. The van der Waals surface area contributed by atoms with Gasteiger partial charge in [0.15, 0.2) is 5.52 Å². The van der Waals surface area contributed by atoms with Gasteiger partial charge in [-0.3, -0.25) is 0 Å². The Hall–Kier alpha value is -1.51. The molecule has 0 saturated carbocycles. The third-order valence-corrected chi connectivity index (χ3v) is 5.63. The molecule has 1 fully saturated rings. The van der Waals surface area contributed by atoms with Gasteiger partial charge >= 0.3 is 0 Å². The van der Waals surface area contributed by atoms with Crippen molar-refractivity contribution in [1.82, 2.24) is 19.9 Å². The van der Waals surface area contributed by atoms with Crippen molar-refractivity contribution in [2.75, 3.05) is 26.2 Å². The number of sulfonamides is 1. The molecule has 0 atom stereocenters. The van der Waals surface area contributed by atoms with E-state index in [0.29, 0.717) is 12.1 Å². The van der Waals surface area contributed by atoms with Crippen LogP contribution in [0.2, 0.25) is 0 Å². The van der Waals surface area contributed by atoms with Crippen LogP contribution in [-0.4, -0.2) is 49.8 Å². The number of rotatable bonds is 5. The van der Waals surface area contributed by atoms with Crippen molar-refractivity contribution in [1.29, 1.82) is 0 Å². The molecule has 1 aliphatic rings. The smallest absolute Gasteiger partial charge is 0.242 e. The summed E-state index contributed by atoms with van der Waals surface area (Å²) in [4.78, 5) is 2.40. The Morgan fingerprint density at radius 1 is 1.32 bits per heavy atom. The summed E-state index contributed by atoms with van der Waals surface area (Å²) in [6.45, 7) is 5.43. The molecule has 120 valence electrons. The summed E-state index contributed by atoms with van der Waals surface area (Å²) in [6, 6.07) is 4.81. The first kappa shape index (κ1) is 15.4. The fraction of sp³-hybridized carbons (Fsp3) is 0.571. The quantitative estimate of drug-likeness (QED) is 0.890. The highest BCUT2D eigenvalue weighted by Gasteiger charge is 2.21. The Balaban J connectivity index is 1.63. The van der Waals surface area contributed by atoms with Crippen molar-refractivity contribution in [2.24, 2.45) is 5.92 Å². The van der Waals surface area contributed by atoms with Crippen LogP contribution >= 0.6 is 0 Å². The molecule has 22 heavy (non-hydrogen) atoms. The van der Waals surface area contributed by atoms with Crippen LogP contribution in [0.3, 0.4) is 0 Å². The molecule has 8 heteroatoms. The van der Waals surface area contributed by atoms with Gasteiger partial charge in [0.05, 0.1) is 0 Å². The molecule has 0 bridgehead atoms. The van der Waals surface area contributed by atoms with Crippen LogP contribution in [0.1, 0.15) is 19.8 Å². The molecule has 0 aliphatic carbocycles. The lowest BCUT2D eigenvalue weighted by atomic mass is 9.99. The van der Waals surface area contributed by atoms with Gasteiger partial charge in [-0.1, -0.05) is 13.0 Å². The zero-order valence-corrected chi connectivity index (χ0v) is 13.3. The molecule has 2 aromatic rings. The number of hydrogen-bond acceptors (Lipinski definition) is 6. The van der Waals surface area contributed by atoms with E-state index in [9.17, 15) is 8.42 Å². The van der Waals surface area contributed by atoms with Crippen LogP contribution in [0.5, 0.6) is 0 Å². The van der Waals surface area contributed by atoms with E-state index in [2.05, 4.69) is 31.5 Å². The van der Waals surface area contributed by atoms with E-state index in [0.717, 1.165) is 25.6 Å². The molecule has 1 saturated heterocycles. The molecule has 1 aliphatic heterocycles. The second-order valence-corrected chi connectivity index (χ2v) is 7.55. The van der Waals surface area contributed by atoms with Crippen LogP contribution in [0.4, 0.5) is 0 Å². The van der Waals surface area contributed by atoms with Crippen LogP contribution in [-0.2, 0) is 10.0 Å². The molecule has 1 aromatic carbocycles. The highest BCUT2D eigenvalue weighted by atomic mass is 32.2. The predicted octanol–water partition coefficient (Wildman–Crippen LogP) is 1.23. The van der Waals surface area contributed by atoms with Crippen molar-refractivity contribution in [3.63, 3.8) is 0 Å². The first-order valence-electron chi connectivity index (χ1n) is 7.49. The lowest BCUT2D eigenvalue weighted by Gasteiger charge is -2.30. The van der Waals surface area contributed by atoms with Crippen molar-refractivity contribution >= 4 is 21.1 Å². The molecule has 7 nitrogen and oxygen atoms in total. The lowest BCUT2D eigenvalue weighted by molar-refractivity contribution is 0.195. The van der Waals surface area contributed by atoms with Crippen molar-refractivity contribution in [3.05, 3.63) is 18.2 Å². The van der Waals surface area contributed by atoms with E-state index in [4.69, 9.17) is 0 Å². The van der Waals surface area contributed by atoms with Crippen molar-refractivity contribution in [2.45, 2.75) is 24.7 Å². The topological polar surface area (TPSA) is 88.3 Å². The van der Waals surface area contributed by atoms with Crippen molar-refractivity contribution in [3.8, 4) is 0 Å². The van der Waals surface area contributed by atoms with E-state index in [-0.39, 0.29) is 10.4 Å². The number of benzene rings is 1. The third kappa shape index (κ3) is 3.29. The minimum atomic E-state index is -3.61. The highest BCUT2D eigenvalue weighted by Crippen LogP contribution is 2.19. The molecule has 1 aromatic heterocycles. The Kier molecular flexibility index (Phi) is 4.42. The van der Waals surface area contributed by atoms with E-state index < -0.39 is 10.0 Å². The van der Waals surface area contributed by atoms with Gasteiger partial charge in [-0.05, 0) is 54.3 Å². The Labute approximate surface area is 129 Å². The molecule has 0 unspecified atom stereocenters. The number of hydrogen-bond donors (Lipinski definition) is 1. The summed E-state index contributed by atoms with van der Waals surface area (Å²) in [6.07, 6.45) is 2.35.